The molecular weight excluding hydrogens is 396 g/mol. The SMILES string of the molecule is COc1cc(OC)c([C@H](CC(F)(F)F)N2CCNCC2)cc1OC.Cl.Cl. The first kappa shape index (κ1) is 24.9. The Labute approximate surface area is 164 Å². The fraction of sp³-hybridized carbons (Fsp3) is 0.625. The maximum absolute atomic E-state index is 13.2. The van der Waals surface area contributed by atoms with Crippen LogP contribution in [0.4, 0.5) is 13.2 Å². The molecule has 1 aromatic rings. The van der Waals surface area contributed by atoms with Gasteiger partial charge in [-0.1, -0.05) is 0 Å². The Bertz CT molecular complexity index is 556. The van der Waals surface area contributed by atoms with Gasteiger partial charge in [-0.2, -0.15) is 13.2 Å². The van der Waals surface area contributed by atoms with Crippen LogP contribution in [0.25, 0.3) is 0 Å². The van der Waals surface area contributed by atoms with E-state index in [1.165, 1.54) is 21.3 Å². The van der Waals surface area contributed by atoms with Crippen molar-refractivity contribution in [3.8, 4) is 17.2 Å². The smallest absolute Gasteiger partial charge is 0.390 e. The third-order valence-electron chi connectivity index (χ3n) is 4.11. The molecule has 1 fully saturated rings. The fourth-order valence-electron chi connectivity index (χ4n) is 2.96. The molecule has 0 radical (unpaired) electrons. The average Bonchev–Trinajstić information content (AvgIpc) is 2.58. The summed E-state index contributed by atoms with van der Waals surface area (Å²) in [6, 6.07) is 2.32. The number of rotatable bonds is 6. The van der Waals surface area contributed by atoms with E-state index in [4.69, 9.17) is 14.2 Å². The largest absolute Gasteiger partial charge is 0.496 e. The third-order valence-corrected chi connectivity index (χ3v) is 4.11. The van der Waals surface area contributed by atoms with Gasteiger partial charge in [-0.25, -0.2) is 0 Å². The molecule has 1 atom stereocenters. The summed E-state index contributed by atoms with van der Waals surface area (Å²) < 4.78 is 55.3. The molecule has 10 heteroatoms. The first-order valence-corrected chi connectivity index (χ1v) is 7.71. The van der Waals surface area contributed by atoms with E-state index >= 15 is 0 Å². The van der Waals surface area contributed by atoms with Crippen molar-refractivity contribution in [1.82, 2.24) is 10.2 Å². The highest BCUT2D eigenvalue weighted by molar-refractivity contribution is 5.85. The number of alkyl halides is 3. The number of piperazine rings is 1. The molecule has 0 aliphatic carbocycles. The van der Waals surface area contributed by atoms with E-state index < -0.39 is 18.6 Å². The summed E-state index contributed by atoms with van der Waals surface area (Å²) >= 11 is 0. The van der Waals surface area contributed by atoms with Gasteiger partial charge in [-0.3, -0.25) is 4.90 Å². The van der Waals surface area contributed by atoms with Crippen LogP contribution in [0.3, 0.4) is 0 Å². The van der Waals surface area contributed by atoms with Crippen molar-refractivity contribution in [2.45, 2.75) is 18.6 Å². The van der Waals surface area contributed by atoms with Crippen LogP contribution >= 0.6 is 24.8 Å². The van der Waals surface area contributed by atoms with Gasteiger partial charge in [-0.15, -0.1) is 24.8 Å². The zero-order chi connectivity index (χ0) is 17.7. The number of methoxy groups -OCH3 is 3. The van der Waals surface area contributed by atoms with Crippen LogP contribution in [0.5, 0.6) is 17.2 Å². The highest BCUT2D eigenvalue weighted by Gasteiger charge is 2.37. The van der Waals surface area contributed by atoms with E-state index in [0.717, 1.165) is 0 Å². The topological polar surface area (TPSA) is 43.0 Å². The van der Waals surface area contributed by atoms with Crippen LogP contribution in [0.2, 0.25) is 0 Å². The monoisotopic (exact) mass is 420 g/mol. The average molecular weight is 421 g/mol. The lowest BCUT2D eigenvalue weighted by molar-refractivity contribution is -0.148. The molecule has 0 bridgehead atoms. The molecular formula is C16H25Cl2F3N2O3. The maximum atomic E-state index is 13.2. The molecule has 1 aliphatic heterocycles. The van der Waals surface area contributed by atoms with Crippen LogP contribution in [0, 0.1) is 0 Å². The Hall–Kier alpha value is -1.09. The summed E-state index contributed by atoms with van der Waals surface area (Å²) in [5.41, 5.74) is 0.453. The third kappa shape index (κ3) is 6.26. The highest BCUT2D eigenvalue weighted by Crippen LogP contribution is 2.43. The predicted molar refractivity (Wildman–Crippen MR) is 98.4 cm³/mol. The van der Waals surface area contributed by atoms with Crippen molar-refractivity contribution in [2.24, 2.45) is 0 Å². The van der Waals surface area contributed by atoms with Gasteiger partial charge in [0, 0.05) is 43.9 Å². The molecule has 0 spiro atoms. The van der Waals surface area contributed by atoms with Gasteiger partial charge >= 0.3 is 6.18 Å². The van der Waals surface area contributed by atoms with Gasteiger partial charge in [0.2, 0.25) is 0 Å². The first-order chi connectivity index (χ1) is 11.4. The predicted octanol–water partition coefficient (Wildman–Crippen LogP) is 3.45. The van der Waals surface area contributed by atoms with Gasteiger partial charge in [0.1, 0.15) is 5.75 Å². The van der Waals surface area contributed by atoms with Gasteiger partial charge in [0.05, 0.1) is 27.8 Å². The second kappa shape index (κ2) is 10.9. The minimum absolute atomic E-state index is 0. The lowest BCUT2D eigenvalue weighted by atomic mass is 9.99. The Morgan fingerprint density at radius 3 is 1.92 bits per heavy atom. The Morgan fingerprint density at radius 1 is 0.962 bits per heavy atom. The molecule has 0 saturated carbocycles. The van der Waals surface area contributed by atoms with E-state index in [0.29, 0.717) is 49.0 Å². The molecule has 1 aliphatic rings. The Morgan fingerprint density at radius 2 is 1.46 bits per heavy atom. The van der Waals surface area contributed by atoms with Crippen molar-refractivity contribution in [1.29, 1.82) is 0 Å². The van der Waals surface area contributed by atoms with E-state index in [-0.39, 0.29) is 24.8 Å². The summed E-state index contributed by atoms with van der Waals surface area (Å²) in [5.74, 6) is 1.17. The number of halogens is 5. The summed E-state index contributed by atoms with van der Waals surface area (Å²) in [7, 11) is 4.37. The second-order valence-corrected chi connectivity index (χ2v) is 5.57. The molecule has 0 unspecified atom stereocenters. The minimum Gasteiger partial charge on any atom is -0.496 e. The van der Waals surface area contributed by atoms with Crippen LogP contribution < -0.4 is 19.5 Å². The number of benzene rings is 1. The molecule has 1 aromatic carbocycles. The van der Waals surface area contributed by atoms with Crippen molar-refractivity contribution >= 4 is 24.8 Å². The number of hydrogen-bond donors (Lipinski definition) is 1. The summed E-state index contributed by atoms with van der Waals surface area (Å²) in [6.45, 7) is 2.39. The van der Waals surface area contributed by atoms with E-state index in [1.807, 2.05) is 4.90 Å². The lowest BCUT2D eigenvalue weighted by Crippen LogP contribution is -2.46. The summed E-state index contributed by atoms with van der Waals surface area (Å²) in [6.07, 6.45) is -5.23. The normalized spacial score (nSPS) is 16.1. The second-order valence-electron chi connectivity index (χ2n) is 5.57. The van der Waals surface area contributed by atoms with Crippen molar-refractivity contribution < 1.29 is 27.4 Å². The number of nitrogens with zero attached hydrogens (tertiary/aromatic N) is 1. The van der Waals surface area contributed by atoms with Crippen LogP contribution in [-0.4, -0.2) is 58.6 Å². The maximum Gasteiger partial charge on any atom is 0.390 e. The minimum atomic E-state index is -4.28. The molecule has 26 heavy (non-hydrogen) atoms. The van der Waals surface area contributed by atoms with E-state index in [9.17, 15) is 13.2 Å². The van der Waals surface area contributed by atoms with Gasteiger partial charge in [0.15, 0.2) is 11.5 Å². The zero-order valence-corrected chi connectivity index (χ0v) is 16.5. The Balaban J connectivity index is 0.00000312. The van der Waals surface area contributed by atoms with Gasteiger partial charge < -0.3 is 19.5 Å². The summed E-state index contributed by atoms with van der Waals surface area (Å²) in [5, 5.41) is 3.15. The molecule has 1 N–H and O–H groups in total. The molecule has 5 nitrogen and oxygen atoms in total. The molecule has 0 amide bonds. The lowest BCUT2D eigenvalue weighted by Gasteiger charge is -2.36. The van der Waals surface area contributed by atoms with E-state index in [1.54, 1.807) is 12.1 Å². The number of ether oxygens (including phenoxy) is 3. The molecule has 0 aromatic heterocycles. The highest BCUT2D eigenvalue weighted by atomic mass is 35.5. The molecule has 152 valence electrons. The molecule has 2 rings (SSSR count). The number of hydrogen-bond acceptors (Lipinski definition) is 5. The van der Waals surface area contributed by atoms with Gasteiger partial charge in [0.25, 0.3) is 0 Å². The van der Waals surface area contributed by atoms with Crippen LogP contribution in [0.1, 0.15) is 18.0 Å². The number of nitrogens with one attached hydrogen (secondary N) is 1. The van der Waals surface area contributed by atoms with Crippen LogP contribution in [-0.2, 0) is 0 Å². The first-order valence-electron chi connectivity index (χ1n) is 7.71. The zero-order valence-electron chi connectivity index (χ0n) is 14.9. The van der Waals surface area contributed by atoms with Crippen molar-refractivity contribution in [2.75, 3.05) is 47.5 Å². The summed E-state index contributed by atoms with van der Waals surface area (Å²) in [4.78, 5) is 1.83. The quantitative estimate of drug-likeness (QED) is 0.763. The van der Waals surface area contributed by atoms with E-state index in [2.05, 4.69) is 5.32 Å². The molecule has 1 heterocycles. The standard InChI is InChI=1S/C16H23F3N2O3.2ClH/c1-22-13-9-15(24-3)14(23-2)8-11(13)12(10-16(17,18)19)21-6-4-20-5-7-21;;/h8-9,12,20H,4-7,10H2,1-3H3;2*1H/t12-;;/m0../s1. The fourth-order valence-corrected chi connectivity index (χ4v) is 2.96. The van der Waals surface area contributed by atoms with Gasteiger partial charge in [-0.05, 0) is 6.07 Å². The van der Waals surface area contributed by atoms with Crippen molar-refractivity contribution in [3.63, 3.8) is 0 Å². The van der Waals surface area contributed by atoms with Crippen LogP contribution in [0.15, 0.2) is 12.1 Å². The Kier molecular flexibility index (Phi) is 10.5. The molecule has 1 saturated heterocycles. The van der Waals surface area contributed by atoms with Crippen molar-refractivity contribution in [3.05, 3.63) is 17.7 Å².